The molecule has 3 nitrogen and oxygen atoms in total. The van der Waals surface area contributed by atoms with Crippen molar-refractivity contribution in [2.24, 2.45) is 0 Å². The number of aromatic hydroxyl groups is 1. The number of hydrogen-bond acceptors (Lipinski definition) is 2. The Morgan fingerprint density at radius 3 is 1.64 bits per heavy atom. The third kappa shape index (κ3) is 4.01. The highest BCUT2D eigenvalue weighted by Crippen LogP contribution is 2.41. The molecular formula is C36H26N2O. The number of nitrogens with zero attached hydrogens (tertiary/aromatic N) is 2. The Kier molecular flexibility index (Phi) is 5.60. The first-order valence-electron chi connectivity index (χ1n) is 13.1. The van der Waals surface area contributed by atoms with Crippen LogP contribution in [0.25, 0.3) is 38.6 Å². The summed E-state index contributed by atoms with van der Waals surface area (Å²) in [4.78, 5) is 2.24. The minimum atomic E-state index is 0.262. The molecule has 0 aliphatic rings. The van der Waals surface area contributed by atoms with Crippen molar-refractivity contribution in [1.29, 1.82) is 0 Å². The predicted molar refractivity (Wildman–Crippen MR) is 163 cm³/mol. The van der Waals surface area contributed by atoms with Crippen LogP contribution < -0.4 is 4.90 Å². The van der Waals surface area contributed by atoms with Gasteiger partial charge in [0.2, 0.25) is 0 Å². The lowest BCUT2D eigenvalue weighted by molar-refractivity contribution is 0.478. The highest BCUT2D eigenvalue weighted by atomic mass is 16.3. The summed E-state index contributed by atoms with van der Waals surface area (Å²) in [5, 5.41) is 13.5. The Balaban J connectivity index is 1.35. The number of hydrogen-bond donors (Lipinski definition) is 1. The molecule has 0 fully saturated rings. The molecule has 186 valence electrons. The van der Waals surface area contributed by atoms with E-state index in [0.717, 1.165) is 55.7 Å². The fraction of sp³-hybridized carbons (Fsp3) is 0. The lowest BCUT2D eigenvalue weighted by atomic mass is 10.0. The minimum Gasteiger partial charge on any atom is -0.507 e. The molecule has 0 aliphatic heterocycles. The van der Waals surface area contributed by atoms with Crippen LogP contribution in [0.5, 0.6) is 5.75 Å². The Labute approximate surface area is 227 Å². The van der Waals surface area contributed by atoms with Gasteiger partial charge in [0.25, 0.3) is 0 Å². The van der Waals surface area contributed by atoms with Crippen molar-refractivity contribution in [3.8, 4) is 22.6 Å². The molecule has 1 N–H and O–H groups in total. The van der Waals surface area contributed by atoms with E-state index in [0.29, 0.717) is 0 Å². The van der Waals surface area contributed by atoms with Crippen molar-refractivity contribution in [3.63, 3.8) is 0 Å². The van der Waals surface area contributed by atoms with Crippen LogP contribution in [0.4, 0.5) is 17.1 Å². The summed E-state index contributed by atoms with van der Waals surface area (Å²) in [5.41, 5.74) is 8.20. The van der Waals surface area contributed by atoms with Crippen LogP contribution in [0.1, 0.15) is 0 Å². The van der Waals surface area contributed by atoms with Crippen molar-refractivity contribution in [2.45, 2.75) is 0 Å². The van der Waals surface area contributed by atoms with E-state index in [1.165, 1.54) is 0 Å². The molecule has 1 aromatic heterocycles. The van der Waals surface area contributed by atoms with E-state index in [4.69, 9.17) is 0 Å². The second kappa shape index (κ2) is 9.55. The smallest absolute Gasteiger partial charge is 0.125 e. The van der Waals surface area contributed by atoms with E-state index in [1.807, 2.05) is 36.4 Å². The molecule has 0 unspecified atom stereocenters. The third-order valence-electron chi connectivity index (χ3n) is 7.27. The van der Waals surface area contributed by atoms with Crippen LogP contribution in [0, 0.1) is 0 Å². The number of phenols is 1. The number of fused-ring (bicyclic) bond motifs is 3. The first kappa shape index (κ1) is 22.9. The van der Waals surface area contributed by atoms with Crippen LogP contribution in [0.3, 0.4) is 0 Å². The summed E-state index contributed by atoms with van der Waals surface area (Å²) >= 11 is 0. The van der Waals surface area contributed by atoms with Crippen LogP contribution >= 0.6 is 0 Å². The van der Waals surface area contributed by atoms with Crippen molar-refractivity contribution in [2.75, 3.05) is 4.90 Å². The molecular weight excluding hydrogens is 476 g/mol. The van der Waals surface area contributed by atoms with E-state index in [1.54, 1.807) is 0 Å². The minimum absolute atomic E-state index is 0.262. The van der Waals surface area contributed by atoms with Gasteiger partial charge in [0, 0.05) is 45.2 Å². The molecule has 7 rings (SSSR count). The zero-order valence-corrected chi connectivity index (χ0v) is 21.3. The second-order valence-corrected chi connectivity index (χ2v) is 9.63. The number of phenolic OH excluding ortho intramolecular Hbond substituents is 1. The van der Waals surface area contributed by atoms with Gasteiger partial charge in [-0.1, -0.05) is 84.9 Å². The van der Waals surface area contributed by atoms with Gasteiger partial charge in [0.15, 0.2) is 0 Å². The summed E-state index contributed by atoms with van der Waals surface area (Å²) in [7, 11) is 0. The quantitative estimate of drug-likeness (QED) is 0.254. The molecule has 0 radical (unpaired) electrons. The number of rotatable bonds is 5. The van der Waals surface area contributed by atoms with Gasteiger partial charge in [0.05, 0.1) is 11.0 Å². The molecule has 0 bridgehead atoms. The van der Waals surface area contributed by atoms with E-state index in [9.17, 15) is 5.11 Å². The number of aromatic nitrogens is 1. The van der Waals surface area contributed by atoms with Crippen molar-refractivity contribution in [1.82, 2.24) is 4.57 Å². The number of para-hydroxylation sites is 4. The lowest BCUT2D eigenvalue weighted by Crippen LogP contribution is -2.09. The molecule has 0 spiro atoms. The molecule has 7 aromatic rings. The Morgan fingerprint density at radius 2 is 1.00 bits per heavy atom. The predicted octanol–water partition coefficient (Wildman–Crippen LogP) is 9.63. The normalized spacial score (nSPS) is 11.2. The van der Waals surface area contributed by atoms with Crippen LogP contribution in [-0.4, -0.2) is 9.67 Å². The van der Waals surface area contributed by atoms with Crippen LogP contribution in [-0.2, 0) is 0 Å². The van der Waals surface area contributed by atoms with Crippen molar-refractivity contribution < 1.29 is 5.11 Å². The van der Waals surface area contributed by atoms with E-state index >= 15 is 0 Å². The van der Waals surface area contributed by atoms with Gasteiger partial charge in [-0.15, -0.1) is 0 Å². The van der Waals surface area contributed by atoms with Crippen molar-refractivity contribution in [3.05, 3.63) is 152 Å². The molecule has 0 saturated heterocycles. The molecule has 6 aromatic carbocycles. The maximum atomic E-state index is 11.3. The summed E-state index contributed by atoms with van der Waals surface area (Å²) < 4.78 is 2.22. The standard InChI is InChI=1S/C36H26N2O/c39-36-25-35-33(31-18-10-11-19-34(31)38(35)29-16-8-3-9-17-29)24-32(36)26-20-22-30(23-21-26)37(27-12-4-1-5-13-27)28-14-6-2-7-15-28/h1-25,39H. The highest BCUT2D eigenvalue weighted by Gasteiger charge is 2.17. The van der Waals surface area contributed by atoms with Crippen LogP contribution in [0.2, 0.25) is 0 Å². The topological polar surface area (TPSA) is 28.4 Å². The van der Waals surface area contributed by atoms with Crippen LogP contribution in [0.15, 0.2) is 152 Å². The van der Waals surface area contributed by atoms with Gasteiger partial charge in [-0.05, 0) is 66.2 Å². The van der Waals surface area contributed by atoms with Gasteiger partial charge in [-0.2, -0.15) is 0 Å². The summed E-state index contributed by atoms with van der Waals surface area (Å²) in [6, 6.07) is 51.9. The zero-order valence-electron chi connectivity index (χ0n) is 21.3. The van der Waals surface area contributed by atoms with Gasteiger partial charge < -0.3 is 14.6 Å². The Bertz CT molecular complexity index is 1850. The molecule has 3 heteroatoms. The maximum Gasteiger partial charge on any atom is 0.125 e. The zero-order chi connectivity index (χ0) is 26.2. The Morgan fingerprint density at radius 1 is 0.462 bits per heavy atom. The maximum absolute atomic E-state index is 11.3. The van der Waals surface area contributed by atoms with E-state index < -0.39 is 0 Å². The lowest BCUT2D eigenvalue weighted by Gasteiger charge is -2.25. The summed E-state index contributed by atoms with van der Waals surface area (Å²) in [6.07, 6.45) is 0. The average molecular weight is 503 g/mol. The molecule has 1 heterocycles. The van der Waals surface area contributed by atoms with E-state index in [-0.39, 0.29) is 5.75 Å². The molecule has 0 aliphatic carbocycles. The molecule has 0 atom stereocenters. The fourth-order valence-electron chi connectivity index (χ4n) is 5.48. The first-order valence-corrected chi connectivity index (χ1v) is 13.1. The molecule has 0 saturated carbocycles. The van der Waals surface area contributed by atoms with Gasteiger partial charge >= 0.3 is 0 Å². The SMILES string of the molecule is Oc1cc2c(cc1-c1ccc(N(c3ccccc3)c3ccccc3)cc1)c1ccccc1n2-c1ccccc1. The molecule has 0 amide bonds. The number of anilines is 3. The fourth-order valence-corrected chi connectivity index (χ4v) is 5.48. The summed E-state index contributed by atoms with van der Waals surface area (Å²) in [5.74, 6) is 0.262. The Hall–Kier alpha value is -5.28. The monoisotopic (exact) mass is 502 g/mol. The third-order valence-corrected chi connectivity index (χ3v) is 7.27. The van der Waals surface area contributed by atoms with Gasteiger partial charge in [-0.25, -0.2) is 0 Å². The second-order valence-electron chi connectivity index (χ2n) is 9.63. The molecule has 39 heavy (non-hydrogen) atoms. The van der Waals surface area contributed by atoms with E-state index in [2.05, 4.69) is 125 Å². The highest BCUT2D eigenvalue weighted by molar-refractivity contribution is 6.11. The first-order chi connectivity index (χ1) is 19.3. The average Bonchev–Trinajstić information content (AvgIpc) is 3.32. The van der Waals surface area contributed by atoms with Gasteiger partial charge in [0.1, 0.15) is 5.75 Å². The van der Waals surface area contributed by atoms with Crippen molar-refractivity contribution >= 4 is 38.9 Å². The summed E-state index contributed by atoms with van der Waals surface area (Å²) in [6.45, 7) is 0. The largest absolute Gasteiger partial charge is 0.507 e. The number of benzene rings is 6. The van der Waals surface area contributed by atoms with Gasteiger partial charge in [-0.3, -0.25) is 0 Å².